The molecule has 1 aromatic heterocycles. The van der Waals surface area contributed by atoms with Gasteiger partial charge in [0, 0.05) is 18.4 Å². The minimum absolute atomic E-state index is 0.249. The highest BCUT2D eigenvalue weighted by atomic mass is 35.5. The van der Waals surface area contributed by atoms with E-state index in [1.54, 1.807) is 19.1 Å². The van der Waals surface area contributed by atoms with E-state index in [2.05, 4.69) is 4.98 Å². The molecule has 3 rings (SSSR count). The van der Waals surface area contributed by atoms with Gasteiger partial charge in [-0.25, -0.2) is 4.98 Å². The molecule has 0 N–H and O–H groups in total. The van der Waals surface area contributed by atoms with Crippen molar-refractivity contribution in [3.63, 3.8) is 0 Å². The van der Waals surface area contributed by atoms with Crippen LogP contribution in [0.3, 0.4) is 0 Å². The summed E-state index contributed by atoms with van der Waals surface area (Å²) >= 11 is 7.26. The number of fused-ring (bicyclic) bond motifs is 1. The minimum Gasteiger partial charge on any atom is -0.298 e. The van der Waals surface area contributed by atoms with Gasteiger partial charge >= 0.3 is 0 Å². The molecular formula is C17H16ClNO3S. The fourth-order valence-electron chi connectivity index (χ4n) is 3.20. The highest BCUT2D eigenvalue weighted by Crippen LogP contribution is 2.36. The lowest BCUT2D eigenvalue weighted by atomic mass is 9.69. The maximum atomic E-state index is 12.8. The van der Waals surface area contributed by atoms with Crippen molar-refractivity contribution in [3.8, 4) is 0 Å². The van der Waals surface area contributed by atoms with Crippen LogP contribution in [0.15, 0.2) is 12.1 Å². The predicted molar refractivity (Wildman–Crippen MR) is 90.2 cm³/mol. The van der Waals surface area contributed by atoms with E-state index in [-0.39, 0.29) is 29.8 Å². The van der Waals surface area contributed by atoms with Crippen molar-refractivity contribution in [1.82, 2.24) is 4.98 Å². The summed E-state index contributed by atoms with van der Waals surface area (Å²) in [6, 6.07) is 3.43. The van der Waals surface area contributed by atoms with E-state index in [1.807, 2.05) is 13.8 Å². The van der Waals surface area contributed by atoms with Gasteiger partial charge in [-0.15, -0.1) is 11.3 Å². The second-order valence-corrected chi connectivity index (χ2v) is 8.41. The van der Waals surface area contributed by atoms with Gasteiger partial charge < -0.3 is 0 Å². The Morgan fingerprint density at radius 3 is 2.48 bits per heavy atom. The molecule has 1 saturated carbocycles. The minimum atomic E-state index is -1.17. The van der Waals surface area contributed by atoms with Gasteiger partial charge in [0.2, 0.25) is 0 Å². The molecule has 0 aliphatic heterocycles. The quantitative estimate of drug-likeness (QED) is 0.607. The van der Waals surface area contributed by atoms with Gasteiger partial charge in [-0.05, 0) is 30.0 Å². The van der Waals surface area contributed by atoms with Gasteiger partial charge in [-0.2, -0.15) is 0 Å². The topological polar surface area (TPSA) is 64.1 Å². The van der Waals surface area contributed by atoms with Crippen molar-refractivity contribution < 1.29 is 14.4 Å². The van der Waals surface area contributed by atoms with Crippen molar-refractivity contribution >= 4 is 50.5 Å². The lowest BCUT2D eigenvalue weighted by Gasteiger charge is -2.31. The zero-order valence-electron chi connectivity index (χ0n) is 13.1. The number of rotatable bonds is 2. The van der Waals surface area contributed by atoms with E-state index < -0.39 is 11.7 Å². The molecule has 0 radical (unpaired) electrons. The van der Waals surface area contributed by atoms with E-state index in [1.165, 1.54) is 11.3 Å². The number of nitrogens with zero attached hydrogens (tertiary/aromatic N) is 1. The first-order valence-corrected chi connectivity index (χ1v) is 8.54. The molecule has 1 aromatic carbocycles. The Hall–Kier alpha value is -1.59. The molecule has 0 spiro atoms. The summed E-state index contributed by atoms with van der Waals surface area (Å²) in [5, 5.41) is 0. The monoisotopic (exact) mass is 349 g/mol. The second kappa shape index (κ2) is 5.49. The third-order valence-corrected chi connectivity index (χ3v) is 5.39. The Morgan fingerprint density at radius 1 is 1.26 bits per heavy atom. The van der Waals surface area contributed by atoms with E-state index in [4.69, 9.17) is 11.6 Å². The smallest absolute Gasteiger partial charge is 0.184 e. The number of hydrogen-bond donors (Lipinski definition) is 0. The predicted octanol–water partition coefficient (Wildman–Crippen LogP) is 4.02. The first-order chi connectivity index (χ1) is 10.7. The van der Waals surface area contributed by atoms with E-state index in [9.17, 15) is 14.4 Å². The van der Waals surface area contributed by atoms with Crippen LogP contribution in [-0.2, 0) is 9.59 Å². The average Bonchev–Trinajstić information content (AvgIpc) is 2.78. The van der Waals surface area contributed by atoms with Crippen LogP contribution in [0.25, 0.3) is 10.2 Å². The van der Waals surface area contributed by atoms with Gasteiger partial charge in [-0.1, -0.05) is 25.4 Å². The molecule has 1 aliphatic rings. The summed E-state index contributed by atoms with van der Waals surface area (Å²) < 4.78 is 1.28. The van der Waals surface area contributed by atoms with Crippen LogP contribution in [-0.4, -0.2) is 22.3 Å². The molecule has 1 fully saturated rings. The number of hydrogen-bond acceptors (Lipinski definition) is 5. The zero-order chi connectivity index (χ0) is 16.9. The van der Waals surface area contributed by atoms with Crippen LogP contribution in [0.4, 0.5) is 0 Å². The Labute approximate surface area is 142 Å². The molecule has 4 nitrogen and oxygen atoms in total. The summed E-state index contributed by atoms with van der Waals surface area (Å²) in [6.07, 6.45) is 0.498. The number of halogens is 1. The Balaban J connectivity index is 2.02. The van der Waals surface area contributed by atoms with Crippen LogP contribution in [0, 0.1) is 18.3 Å². The third-order valence-electron chi connectivity index (χ3n) is 4.27. The molecule has 0 bridgehead atoms. The molecule has 1 heterocycles. The highest BCUT2D eigenvalue weighted by Gasteiger charge is 2.43. The van der Waals surface area contributed by atoms with E-state index >= 15 is 0 Å². The Morgan fingerprint density at radius 2 is 1.87 bits per heavy atom. The van der Waals surface area contributed by atoms with E-state index in [0.29, 0.717) is 21.1 Å². The largest absolute Gasteiger partial charge is 0.298 e. The van der Waals surface area contributed by atoms with Gasteiger partial charge in [0.15, 0.2) is 21.8 Å². The molecule has 0 atom stereocenters. The first-order valence-electron chi connectivity index (χ1n) is 7.35. The molecular weight excluding hydrogens is 334 g/mol. The van der Waals surface area contributed by atoms with Crippen molar-refractivity contribution in [2.45, 2.75) is 33.6 Å². The van der Waals surface area contributed by atoms with Gasteiger partial charge in [-0.3, -0.25) is 14.4 Å². The van der Waals surface area contributed by atoms with Crippen LogP contribution in [0.1, 0.15) is 42.6 Å². The molecule has 0 unspecified atom stereocenters. The normalized spacial score (nSPS) is 18.6. The van der Waals surface area contributed by atoms with Gasteiger partial charge in [0.1, 0.15) is 5.92 Å². The van der Waals surface area contributed by atoms with Gasteiger partial charge in [0.05, 0.1) is 10.2 Å². The molecule has 2 aromatic rings. The molecule has 0 amide bonds. The lowest BCUT2D eigenvalue weighted by Crippen LogP contribution is -2.42. The number of carbonyl (C=O) groups is 3. The summed E-state index contributed by atoms with van der Waals surface area (Å²) in [7, 11) is 0. The third kappa shape index (κ3) is 2.83. The number of benzene rings is 1. The fraction of sp³-hybridized carbons (Fsp3) is 0.412. The number of carbonyl (C=O) groups excluding carboxylic acids is 3. The zero-order valence-corrected chi connectivity index (χ0v) is 14.7. The van der Waals surface area contributed by atoms with Crippen molar-refractivity contribution in [2.24, 2.45) is 11.3 Å². The first kappa shape index (κ1) is 16.3. The number of Topliss-reactive ketones (excluding diaryl/α,β-unsaturated/α-hetero) is 3. The highest BCUT2D eigenvalue weighted by molar-refractivity contribution is 7.22. The number of ketones is 3. The summed E-state index contributed by atoms with van der Waals surface area (Å²) in [5.74, 6) is -2.16. The summed E-state index contributed by atoms with van der Waals surface area (Å²) in [6.45, 7) is 5.52. The summed E-state index contributed by atoms with van der Waals surface area (Å²) in [5.41, 5.74) is 1.33. The second-order valence-electron chi connectivity index (χ2n) is 6.80. The van der Waals surface area contributed by atoms with Crippen LogP contribution in [0.2, 0.25) is 4.47 Å². The average molecular weight is 350 g/mol. The van der Waals surface area contributed by atoms with Crippen molar-refractivity contribution in [2.75, 3.05) is 0 Å². The van der Waals surface area contributed by atoms with E-state index in [0.717, 1.165) is 4.70 Å². The van der Waals surface area contributed by atoms with Gasteiger partial charge in [0.25, 0.3) is 0 Å². The van der Waals surface area contributed by atoms with Crippen molar-refractivity contribution in [1.29, 1.82) is 0 Å². The van der Waals surface area contributed by atoms with Crippen LogP contribution in [0.5, 0.6) is 0 Å². The number of aromatic nitrogens is 1. The van der Waals surface area contributed by atoms with Crippen molar-refractivity contribution in [3.05, 3.63) is 27.7 Å². The number of thiazole rings is 1. The number of aryl methyl sites for hydroxylation is 1. The summed E-state index contributed by atoms with van der Waals surface area (Å²) in [4.78, 5) is 41.7. The molecule has 23 heavy (non-hydrogen) atoms. The van der Waals surface area contributed by atoms with Crippen LogP contribution >= 0.6 is 22.9 Å². The Kier molecular flexibility index (Phi) is 3.89. The fourth-order valence-corrected chi connectivity index (χ4v) is 4.29. The maximum Gasteiger partial charge on any atom is 0.184 e. The molecule has 6 heteroatoms. The van der Waals surface area contributed by atoms with Crippen LogP contribution < -0.4 is 0 Å². The molecule has 120 valence electrons. The lowest BCUT2D eigenvalue weighted by molar-refractivity contribution is -0.137. The molecule has 1 aliphatic carbocycles. The molecule has 0 saturated heterocycles. The Bertz CT molecular complexity index is 833. The standard InChI is InChI=1S/C17H16ClNO3S/c1-8-9(4-5-12-14(8)19-16(18)23-12)15(22)13-10(20)6-17(2,3)7-11(13)21/h4-5,13H,6-7H2,1-3H3. The maximum absolute atomic E-state index is 12.8. The SMILES string of the molecule is Cc1c(C(=O)C2C(=O)CC(C)(C)CC2=O)ccc2sc(Cl)nc12.